The lowest BCUT2D eigenvalue weighted by Gasteiger charge is -2.17. The van der Waals surface area contributed by atoms with Gasteiger partial charge in [0.15, 0.2) is 0 Å². The summed E-state index contributed by atoms with van der Waals surface area (Å²) >= 11 is 0. The molecule has 0 aromatic heterocycles. The fourth-order valence-corrected chi connectivity index (χ4v) is 4.23. The number of benzene rings is 2. The Morgan fingerprint density at radius 2 is 1.72 bits per heavy atom. The third-order valence-electron chi connectivity index (χ3n) is 4.18. The molecule has 0 unspecified atom stereocenters. The van der Waals surface area contributed by atoms with Crippen LogP contribution < -0.4 is 4.72 Å². The van der Waals surface area contributed by atoms with Crippen molar-refractivity contribution in [3.8, 4) is 11.1 Å². The summed E-state index contributed by atoms with van der Waals surface area (Å²) in [6.07, 6.45) is 2.38. The summed E-state index contributed by atoms with van der Waals surface area (Å²) < 4.78 is 54.9. The molecule has 1 N–H and O–H groups in total. The summed E-state index contributed by atoms with van der Waals surface area (Å²) in [7, 11) is -3.64. The van der Waals surface area contributed by atoms with Crippen LogP contribution in [-0.4, -0.2) is 14.5 Å². The lowest BCUT2D eigenvalue weighted by molar-refractivity contribution is 0.512. The van der Waals surface area contributed by atoms with Crippen molar-refractivity contribution in [3.63, 3.8) is 0 Å². The second kappa shape index (κ2) is 8.06. The number of rotatable bonds is 7. The van der Waals surface area contributed by atoms with Crippen molar-refractivity contribution in [1.29, 1.82) is 0 Å². The second-order valence-corrected chi connectivity index (χ2v) is 7.83. The second-order valence-electron chi connectivity index (χ2n) is 6.12. The maximum Gasteiger partial charge on any atom is 0.240 e. The van der Waals surface area contributed by atoms with E-state index >= 15 is 0 Å². The van der Waals surface area contributed by atoms with Gasteiger partial charge in [0.05, 0.1) is 4.90 Å². The van der Waals surface area contributed by atoms with Crippen molar-refractivity contribution >= 4 is 10.0 Å². The minimum absolute atomic E-state index is 0.107. The van der Waals surface area contributed by atoms with Crippen molar-refractivity contribution in [2.24, 2.45) is 0 Å². The van der Waals surface area contributed by atoms with Gasteiger partial charge in [-0.3, -0.25) is 0 Å². The van der Waals surface area contributed by atoms with Crippen LogP contribution in [0.3, 0.4) is 0 Å². The Bertz CT molecular complexity index is 850. The molecule has 1 atom stereocenters. The van der Waals surface area contributed by atoms with Gasteiger partial charge in [0, 0.05) is 17.7 Å². The predicted molar refractivity (Wildman–Crippen MR) is 95.8 cm³/mol. The van der Waals surface area contributed by atoms with Gasteiger partial charge in [0.25, 0.3) is 0 Å². The number of halogens is 2. The number of sulfonamides is 1. The van der Waals surface area contributed by atoms with Crippen LogP contribution in [-0.2, 0) is 10.0 Å². The quantitative estimate of drug-likeness (QED) is 0.764. The van der Waals surface area contributed by atoms with Gasteiger partial charge >= 0.3 is 0 Å². The van der Waals surface area contributed by atoms with Gasteiger partial charge in [-0.25, -0.2) is 21.9 Å². The van der Waals surface area contributed by atoms with Crippen molar-refractivity contribution in [3.05, 3.63) is 53.6 Å². The molecule has 3 nitrogen and oxygen atoms in total. The SMILES string of the molecule is CCC[C@@H](CC)NS(=O)(=O)c1ccc(-c2ccc(F)cc2F)c(C)c1. The lowest BCUT2D eigenvalue weighted by atomic mass is 10.0. The van der Waals surface area contributed by atoms with Crippen molar-refractivity contribution in [2.45, 2.75) is 51.0 Å². The van der Waals surface area contributed by atoms with Gasteiger partial charge in [-0.1, -0.05) is 26.3 Å². The first-order valence-corrected chi connectivity index (χ1v) is 9.85. The fourth-order valence-electron chi connectivity index (χ4n) is 2.80. The Balaban J connectivity index is 2.35. The van der Waals surface area contributed by atoms with Gasteiger partial charge in [-0.15, -0.1) is 0 Å². The molecule has 6 heteroatoms. The topological polar surface area (TPSA) is 46.2 Å². The molecule has 0 aliphatic carbocycles. The van der Waals surface area contributed by atoms with Gasteiger partial charge < -0.3 is 0 Å². The van der Waals surface area contributed by atoms with E-state index in [9.17, 15) is 17.2 Å². The van der Waals surface area contributed by atoms with E-state index in [1.807, 2.05) is 13.8 Å². The van der Waals surface area contributed by atoms with Crippen LogP contribution in [0.1, 0.15) is 38.7 Å². The van der Waals surface area contributed by atoms with Crippen LogP contribution in [0.25, 0.3) is 11.1 Å². The number of nitrogens with one attached hydrogen (secondary N) is 1. The van der Waals surface area contributed by atoms with E-state index in [4.69, 9.17) is 0 Å². The van der Waals surface area contributed by atoms with E-state index in [0.29, 0.717) is 17.5 Å². The highest BCUT2D eigenvalue weighted by molar-refractivity contribution is 7.89. The molecule has 136 valence electrons. The first-order chi connectivity index (χ1) is 11.8. The van der Waals surface area contributed by atoms with Crippen molar-refractivity contribution in [2.75, 3.05) is 0 Å². The van der Waals surface area contributed by atoms with Crippen LogP contribution in [0.5, 0.6) is 0 Å². The highest BCUT2D eigenvalue weighted by atomic mass is 32.2. The summed E-state index contributed by atoms with van der Waals surface area (Å²) in [5.74, 6) is -1.32. The van der Waals surface area contributed by atoms with Crippen molar-refractivity contribution in [1.82, 2.24) is 4.72 Å². The summed E-state index contributed by atoms with van der Waals surface area (Å²) in [4.78, 5) is 0.144. The van der Waals surface area contributed by atoms with Gasteiger partial charge in [0.1, 0.15) is 11.6 Å². The maximum atomic E-state index is 14.0. The average Bonchev–Trinajstić information content (AvgIpc) is 2.55. The highest BCUT2D eigenvalue weighted by Gasteiger charge is 2.20. The lowest BCUT2D eigenvalue weighted by Crippen LogP contribution is -2.34. The molecule has 0 spiro atoms. The maximum absolute atomic E-state index is 14.0. The van der Waals surface area contributed by atoms with E-state index < -0.39 is 21.7 Å². The average molecular weight is 367 g/mol. The molecule has 0 saturated carbocycles. The summed E-state index contributed by atoms with van der Waals surface area (Å²) in [5.41, 5.74) is 1.39. The number of aryl methyl sites for hydroxylation is 1. The standard InChI is InChI=1S/C19H23F2NO2S/c1-4-6-15(5-2)22-25(23,24)16-8-10-17(13(3)11-16)18-9-7-14(20)12-19(18)21/h7-12,15,22H,4-6H2,1-3H3/t15-/m1/s1. The minimum Gasteiger partial charge on any atom is -0.208 e. The molecule has 0 bridgehead atoms. The van der Waals surface area contributed by atoms with E-state index in [1.165, 1.54) is 24.3 Å². The molecule has 2 aromatic carbocycles. The largest absolute Gasteiger partial charge is 0.240 e. The summed E-state index contributed by atoms with van der Waals surface area (Å²) in [6, 6.07) is 7.77. The number of hydrogen-bond donors (Lipinski definition) is 1. The van der Waals surface area contributed by atoms with Crippen molar-refractivity contribution < 1.29 is 17.2 Å². The third kappa shape index (κ3) is 4.64. The van der Waals surface area contributed by atoms with Crippen LogP contribution in [0.15, 0.2) is 41.3 Å². The molecular weight excluding hydrogens is 344 g/mol. The first kappa shape index (κ1) is 19.5. The van der Waals surface area contributed by atoms with Crippen LogP contribution in [0, 0.1) is 18.6 Å². The molecule has 0 aliphatic rings. The van der Waals surface area contributed by atoms with Gasteiger partial charge in [-0.2, -0.15) is 0 Å². The predicted octanol–water partition coefficient (Wildman–Crippen LogP) is 4.80. The molecule has 25 heavy (non-hydrogen) atoms. The van der Waals surface area contributed by atoms with Gasteiger partial charge in [0.2, 0.25) is 10.0 Å². The van der Waals surface area contributed by atoms with Crippen LogP contribution >= 0.6 is 0 Å². The van der Waals surface area contributed by atoms with Crippen LogP contribution in [0.4, 0.5) is 8.78 Å². The monoisotopic (exact) mass is 367 g/mol. The number of hydrogen-bond acceptors (Lipinski definition) is 2. The van der Waals surface area contributed by atoms with E-state index in [-0.39, 0.29) is 16.5 Å². The fraction of sp³-hybridized carbons (Fsp3) is 0.368. The Labute approximate surface area is 148 Å². The molecule has 0 saturated heterocycles. The molecule has 0 fully saturated rings. The molecule has 0 amide bonds. The zero-order valence-electron chi connectivity index (χ0n) is 14.6. The van der Waals surface area contributed by atoms with E-state index in [1.54, 1.807) is 13.0 Å². The highest BCUT2D eigenvalue weighted by Crippen LogP contribution is 2.28. The Kier molecular flexibility index (Phi) is 6.30. The Hall–Kier alpha value is -1.79. The molecule has 0 aliphatic heterocycles. The third-order valence-corrected chi connectivity index (χ3v) is 5.70. The summed E-state index contributed by atoms with van der Waals surface area (Å²) in [5, 5.41) is 0. The smallest absolute Gasteiger partial charge is 0.208 e. The zero-order chi connectivity index (χ0) is 18.6. The zero-order valence-corrected chi connectivity index (χ0v) is 15.5. The summed E-state index contributed by atoms with van der Waals surface area (Å²) in [6.45, 7) is 5.65. The van der Waals surface area contributed by atoms with E-state index in [0.717, 1.165) is 18.9 Å². The van der Waals surface area contributed by atoms with E-state index in [2.05, 4.69) is 4.72 Å². The first-order valence-electron chi connectivity index (χ1n) is 8.36. The Morgan fingerprint density at radius 3 is 2.28 bits per heavy atom. The molecule has 2 aromatic rings. The Morgan fingerprint density at radius 1 is 1.04 bits per heavy atom. The molecular formula is C19H23F2NO2S. The normalized spacial score (nSPS) is 13.0. The minimum atomic E-state index is -3.64. The molecule has 0 heterocycles. The van der Waals surface area contributed by atoms with Crippen LogP contribution in [0.2, 0.25) is 0 Å². The molecule has 2 rings (SSSR count). The molecule has 0 radical (unpaired) electrons. The van der Waals surface area contributed by atoms with Gasteiger partial charge in [-0.05, 0) is 55.2 Å².